The lowest BCUT2D eigenvalue weighted by Crippen LogP contribution is -2.37. The zero-order valence-electron chi connectivity index (χ0n) is 13.0. The predicted octanol–water partition coefficient (Wildman–Crippen LogP) is 2.48. The number of likely N-dealkylation sites (N-methyl/N-ethyl adjacent to an activating group) is 1. The maximum Gasteiger partial charge on any atom is 0.122 e. The van der Waals surface area contributed by atoms with Gasteiger partial charge in [0.05, 0.1) is 7.11 Å². The van der Waals surface area contributed by atoms with E-state index in [1.807, 2.05) is 0 Å². The number of ether oxygens (including phenoxy) is 1. The van der Waals surface area contributed by atoms with E-state index in [0.29, 0.717) is 0 Å². The Hall–Kier alpha value is -1.06. The largest absolute Gasteiger partial charge is 0.496 e. The number of nitrogens with one attached hydrogen (secondary N) is 2. The summed E-state index contributed by atoms with van der Waals surface area (Å²) in [4.78, 5) is 0. The van der Waals surface area contributed by atoms with Crippen LogP contribution in [0, 0.1) is 6.92 Å². The Labute approximate surface area is 117 Å². The van der Waals surface area contributed by atoms with Crippen LogP contribution < -0.4 is 15.4 Å². The topological polar surface area (TPSA) is 33.3 Å². The lowest BCUT2D eigenvalue weighted by molar-refractivity contribution is 0.385. The number of hydrogen-bond acceptors (Lipinski definition) is 3. The molecule has 2 N–H and O–H groups in total. The molecule has 1 rings (SSSR count). The predicted molar refractivity (Wildman–Crippen MR) is 82.2 cm³/mol. The van der Waals surface area contributed by atoms with Gasteiger partial charge in [-0.15, -0.1) is 0 Å². The van der Waals surface area contributed by atoms with Gasteiger partial charge in [-0.2, -0.15) is 0 Å². The molecule has 0 saturated heterocycles. The van der Waals surface area contributed by atoms with Crippen molar-refractivity contribution < 1.29 is 4.74 Å². The van der Waals surface area contributed by atoms with E-state index < -0.39 is 0 Å². The summed E-state index contributed by atoms with van der Waals surface area (Å²) in [5.74, 6) is 0.976. The minimum atomic E-state index is 0.0591. The van der Waals surface area contributed by atoms with Crippen LogP contribution in [-0.2, 0) is 5.41 Å². The average molecular weight is 264 g/mol. The maximum atomic E-state index is 5.49. The summed E-state index contributed by atoms with van der Waals surface area (Å²) in [6.07, 6.45) is 0. The van der Waals surface area contributed by atoms with Crippen LogP contribution >= 0.6 is 0 Å². The van der Waals surface area contributed by atoms with Crippen molar-refractivity contribution in [3.63, 3.8) is 0 Å². The van der Waals surface area contributed by atoms with E-state index in [4.69, 9.17) is 4.74 Å². The highest BCUT2D eigenvalue weighted by Gasteiger charge is 2.24. The van der Waals surface area contributed by atoms with E-state index >= 15 is 0 Å². The van der Waals surface area contributed by atoms with E-state index in [-0.39, 0.29) is 5.41 Å². The molecular formula is C16H28N2O. The normalized spacial score (nSPS) is 11.6. The molecule has 1 aromatic rings. The Morgan fingerprint density at radius 1 is 1.16 bits per heavy atom. The molecule has 1 aromatic carbocycles. The van der Waals surface area contributed by atoms with Gasteiger partial charge >= 0.3 is 0 Å². The van der Waals surface area contributed by atoms with Gasteiger partial charge in [0.2, 0.25) is 0 Å². The lowest BCUT2D eigenvalue weighted by Gasteiger charge is -2.28. The van der Waals surface area contributed by atoms with Gasteiger partial charge in [0.25, 0.3) is 0 Å². The molecule has 3 heteroatoms. The van der Waals surface area contributed by atoms with Crippen molar-refractivity contribution in [2.24, 2.45) is 0 Å². The first kappa shape index (κ1) is 16.0. The Morgan fingerprint density at radius 2 is 1.84 bits per heavy atom. The monoisotopic (exact) mass is 264 g/mol. The molecule has 0 spiro atoms. The van der Waals surface area contributed by atoms with Crippen molar-refractivity contribution >= 4 is 0 Å². The molecule has 0 atom stereocenters. The van der Waals surface area contributed by atoms with E-state index in [0.717, 1.165) is 31.9 Å². The molecule has 0 aliphatic rings. The highest BCUT2D eigenvalue weighted by atomic mass is 16.5. The van der Waals surface area contributed by atoms with Crippen molar-refractivity contribution in [1.82, 2.24) is 10.6 Å². The summed E-state index contributed by atoms with van der Waals surface area (Å²) in [7, 11) is 1.74. The zero-order chi connectivity index (χ0) is 14.3. The first-order chi connectivity index (χ1) is 9.01. The fraction of sp³-hybridized carbons (Fsp3) is 0.625. The second kappa shape index (κ2) is 7.51. The molecule has 0 bridgehead atoms. The van der Waals surface area contributed by atoms with E-state index in [2.05, 4.69) is 56.5 Å². The summed E-state index contributed by atoms with van der Waals surface area (Å²) in [6.45, 7) is 12.7. The van der Waals surface area contributed by atoms with E-state index in [9.17, 15) is 0 Å². The highest BCUT2D eigenvalue weighted by Crippen LogP contribution is 2.31. The first-order valence-corrected chi connectivity index (χ1v) is 7.08. The van der Waals surface area contributed by atoms with E-state index in [1.165, 1.54) is 11.1 Å². The van der Waals surface area contributed by atoms with Crippen molar-refractivity contribution in [1.29, 1.82) is 0 Å². The van der Waals surface area contributed by atoms with Gasteiger partial charge < -0.3 is 15.4 Å². The summed E-state index contributed by atoms with van der Waals surface area (Å²) in [5, 5.41) is 6.83. The molecule has 3 nitrogen and oxygen atoms in total. The van der Waals surface area contributed by atoms with Gasteiger partial charge in [-0.3, -0.25) is 0 Å². The molecule has 0 saturated carbocycles. The van der Waals surface area contributed by atoms with Crippen LogP contribution in [0.2, 0.25) is 0 Å². The smallest absolute Gasteiger partial charge is 0.122 e. The van der Waals surface area contributed by atoms with Crippen molar-refractivity contribution in [3.8, 4) is 5.75 Å². The molecule has 0 fully saturated rings. The van der Waals surface area contributed by atoms with Gasteiger partial charge in [-0.1, -0.05) is 38.5 Å². The molecule has 108 valence electrons. The Bertz CT molecular complexity index is 388. The van der Waals surface area contributed by atoms with Crippen molar-refractivity contribution in [2.75, 3.05) is 33.3 Å². The molecular weight excluding hydrogens is 236 g/mol. The Morgan fingerprint density at radius 3 is 2.47 bits per heavy atom. The summed E-state index contributed by atoms with van der Waals surface area (Å²) in [5.41, 5.74) is 2.60. The van der Waals surface area contributed by atoms with Crippen LogP contribution in [0.5, 0.6) is 5.75 Å². The standard InChI is InChI=1S/C16H28N2O/c1-6-17-9-10-18-12-16(3,4)14-11-13(2)7-8-15(14)19-5/h7-8,11,17-18H,6,9-10,12H2,1-5H3. The molecule has 0 unspecified atom stereocenters. The quantitative estimate of drug-likeness (QED) is 0.708. The Kier molecular flexibility index (Phi) is 6.32. The number of hydrogen-bond donors (Lipinski definition) is 2. The number of benzene rings is 1. The second-order valence-corrected chi connectivity index (χ2v) is 5.62. The zero-order valence-corrected chi connectivity index (χ0v) is 13.0. The van der Waals surface area contributed by atoms with Gasteiger partial charge in [-0.25, -0.2) is 0 Å². The number of rotatable bonds is 8. The molecule has 0 aromatic heterocycles. The van der Waals surface area contributed by atoms with Crippen LogP contribution in [-0.4, -0.2) is 33.3 Å². The van der Waals surface area contributed by atoms with Crippen molar-refractivity contribution in [2.45, 2.75) is 33.1 Å². The average Bonchev–Trinajstić information content (AvgIpc) is 2.38. The highest BCUT2D eigenvalue weighted by molar-refractivity contribution is 5.41. The minimum absolute atomic E-state index is 0.0591. The van der Waals surface area contributed by atoms with Gasteiger partial charge in [0.15, 0.2) is 0 Å². The van der Waals surface area contributed by atoms with Gasteiger partial charge in [0, 0.05) is 30.6 Å². The van der Waals surface area contributed by atoms with Gasteiger partial charge in [0.1, 0.15) is 5.75 Å². The summed E-state index contributed by atoms with van der Waals surface area (Å²) < 4.78 is 5.49. The molecule has 19 heavy (non-hydrogen) atoms. The lowest BCUT2D eigenvalue weighted by atomic mass is 9.83. The fourth-order valence-electron chi connectivity index (χ4n) is 2.20. The first-order valence-electron chi connectivity index (χ1n) is 7.08. The fourth-order valence-corrected chi connectivity index (χ4v) is 2.20. The third kappa shape index (κ3) is 4.84. The van der Waals surface area contributed by atoms with Crippen LogP contribution in [0.3, 0.4) is 0 Å². The van der Waals surface area contributed by atoms with Crippen LogP contribution in [0.1, 0.15) is 31.9 Å². The van der Waals surface area contributed by atoms with Crippen molar-refractivity contribution in [3.05, 3.63) is 29.3 Å². The number of aryl methyl sites for hydroxylation is 1. The SMILES string of the molecule is CCNCCNCC(C)(C)c1cc(C)ccc1OC. The molecule has 0 heterocycles. The summed E-state index contributed by atoms with van der Waals surface area (Å²) >= 11 is 0. The summed E-state index contributed by atoms with van der Waals surface area (Å²) in [6, 6.07) is 6.38. The minimum Gasteiger partial charge on any atom is -0.496 e. The molecule has 0 aliphatic heterocycles. The molecule has 0 aliphatic carbocycles. The maximum absolute atomic E-state index is 5.49. The van der Waals surface area contributed by atoms with Gasteiger partial charge in [-0.05, 0) is 19.5 Å². The van der Waals surface area contributed by atoms with E-state index in [1.54, 1.807) is 7.11 Å². The van der Waals surface area contributed by atoms with Crippen LogP contribution in [0.25, 0.3) is 0 Å². The molecule has 0 amide bonds. The van der Waals surface area contributed by atoms with Crippen LogP contribution in [0.4, 0.5) is 0 Å². The third-order valence-electron chi connectivity index (χ3n) is 3.38. The number of methoxy groups -OCH3 is 1. The Balaban J connectivity index is 2.67. The second-order valence-electron chi connectivity index (χ2n) is 5.62. The molecule has 0 radical (unpaired) electrons. The third-order valence-corrected chi connectivity index (χ3v) is 3.38. The van der Waals surface area contributed by atoms with Crippen LogP contribution in [0.15, 0.2) is 18.2 Å².